The van der Waals surface area contributed by atoms with Crippen molar-refractivity contribution in [2.24, 2.45) is 16.8 Å². The molecule has 0 atom stereocenters. The molecule has 25 heavy (non-hydrogen) atoms. The van der Waals surface area contributed by atoms with Gasteiger partial charge in [0.15, 0.2) is 15.8 Å². The maximum Gasteiger partial charge on any atom is 0.193 e. The minimum atomic E-state index is -3.12. The Bertz CT molecular complexity index is 507. The number of aliphatic imine (C=N–C) groups is 1. The Morgan fingerprint density at radius 1 is 1.20 bits per heavy atom. The van der Waals surface area contributed by atoms with Crippen LogP contribution in [0.3, 0.4) is 0 Å². The van der Waals surface area contributed by atoms with Gasteiger partial charge in [-0.3, -0.25) is 4.99 Å². The van der Waals surface area contributed by atoms with Gasteiger partial charge in [-0.25, -0.2) is 8.42 Å². The minimum absolute atomic E-state index is 0. The molecule has 5 nitrogen and oxygen atoms in total. The fraction of sp³-hybridized carbons (Fsp3) is 0.944. The van der Waals surface area contributed by atoms with Crippen molar-refractivity contribution in [2.75, 3.05) is 32.4 Å². The summed E-state index contributed by atoms with van der Waals surface area (Å²) in [6, 6.07) is 0. The van der Waals surface area contributed by atoms with Crippen molar-refractivity contribution in [3.8, 4) is 0 Å². The zero-order valence-corrected chi connectivity index (χ0v) is 20.0. The maximum atomic E-state index is 12.2. The number of sulfone groups is 1. The topological polar surface area (TPSA) is 61.8 Å². The van der Waals surface area contributed by atoms with E-state index in [1.165, 1.54) is 25.7 Å². The van der Waals surface area contributed by atoms with Crippen LogP contribution < -0.4 is 5.32 Å². The summed E-state index contributed by atoms with van der Waals surface area (Å²) in [6.45, 7) is 11.7. The van der Waals surface area contributed by atoms with Crippen LogP contribution in [0.2, 0.25) is 0 Å². The molecular weight excluding hydrogens is 449 g/mol. The first kappa shape index (κ1) is 24.9. The second kappa shape index (κ2) is 10.9. The SMILES string of the molecule is CCNC(=NCCS(=O)(=O)C(C)(C)C)N(C)CC1CCC(C)CC1.I. The Labute approximate surface area is 172 Å². The lowest BCUT2D eigenvalue weighted by molar-refractivity contribution is 0.250. The van der Waals surface area contributed by atoms with E-state index in [9.17, 15) is 8.42 Å². The van der Waals surface area contributed by atoms with Gasteiger partial charge in [-0.15, -0.1) is 24.0 Å². The van der Waals surface area contributed by atoms with Crippen LogP contribution in [0.4, 0.5) is 0 Å². The van der Waals surface area contributed by atoms with Crippen molar-refractivity contribution in [1.82, 2.24) is 10.2 Å². The first-order valence-electron chi connectivity index (χ1n) is 9.28. The van der Waals surface area contributed by atoms with E-state index in [2.05, 4.69) is 29.2 Å². The van der Waals surface area contributed by atoms with Crippen LogP contribution >= 0.6 is 24.0 Å². The number of nitrogens with zero attached hydrogens (tertiary/aromatic N) is 2. The van der Waals surface area contributed by atoms with Crippen LogP contribution in [0.15, 0.2) is 4.99 Å². The molecule has 0 heterocycles. The largest absolute Gasteiger partial charge is 0.357 e. The molecule has 1 aliphatic carbocycles. The van der Waals surface area contributed by atoms with E-state index >= 15 is 0 Å². The van der Waals surface area contributed by atoms with Gasteiger partial charge < -0.3 is 10.2 Å². The molecular formula is C18H38IN3O2S. The quantitative estimate of drug-likeness (QED) is 0.354. The minimum Gasteiger partial charge on any atom is -0.357 e. The van der Waals surface area contributed by atoms with E-state index in [0.717, 1.165) is 25.0 Å². The van der Waals surface area contributed by atoms with Crippen LogP contribution in [-0.2, 0) is 9.84 Å². The summed E-state index contributed by atoms with van der Waals surface area (Å²) in [6.07, 6.45) is 5.19. The van der Waals surface area contributed by atoms with Crippen LogP contribution in [-0.4, -0.2) is 56.5 Å². The number of nitrogens with one attached hydrogen (secondary N) is 1. The number of hydrogen-bond acceptors (Lipinski definition) is 3. The first-order chi connectivity index (χ1) is 11.1. The third kappa shape index (κ3) is 8.45. The maximum absolute atomic E-state index is 12.2. The molecule has 0 unspecified atom stereocenters. The van der Waals surface area contributed by atoms with Crippen molar-refractivity contribution in [3.63, 3.8) is 0 Å². The molecule has 0 bridgehead atoms. The summed E-state index contributed by atoms with van der Waals surface area (Å²) >= 11 is 0. The summed E-state index contributed by atoms with van der Waals surface area (Å²) in [7, 11) is -1.07. The lowest BCUT2D eigenvalue weighted by Crippen LogP contribution is -2.42. The average molecular weight is 487 g/mol. The number of rotatable bonds is 6. The summed E-state index contributed by atoms with van der Waals surface area (Å²) in [5.74, 6) is 2.49. The normalized spacial score (nSPS) is 22.2. The molecule has 1 N–H and O–H groups in total. The third-order valence-electron chi connectivity index (χ3n) is 4.92. The Balaban J connectivity index is 0.00000576. The van der Waals surface area contributed by atoms with Crippen LogP contribution in [0.1, 0.15) is 60.3 Å². The standard InChI is InChI=1S/C18H37N3O2S.HI/c1-7-19-17(20-12-13-24(22,23)18(3,4)5)21(6)14-16-10-8-15(2)9-11-16;/h15-16H,7-14H2,1-6H3,(H,19,20);1H. The number of hydrogen-bond donors (Lipinski definition) is 1. The van der Waals surface area contributed by atoms with Gasteiger partial charge in [-0.1, -0.05) is 19.8 Å². The smallest absolute Gasteiger partial charge is 0.193 e. The molecule has 1 saturated carbocycles. The highest BCUT2D eigenvalue weighted by Crippen LogP contribution is 2.28. The van der Waals surface area contributed by atoms with Gasteiger partial charge in [0.1, 0.15) is 0 Å². The summed E-state index contributed by atoms with van der Waals surface area (Å²) in [5, 5.41) is 3.29. The Morgan fingerprint density at radius 2 is 1.76 bits per heavy atom. The van der Waals surface area contributed by atoms with Crippen molar-refractivity contribution in [1.29, 1.82) is 0 Å². The molecule has 1 aliphatic rings. The predicted molar refractivity (Wildman–Crippen MR) is 119 cm³/mol. The first-order valence-corrected chi connectivity index (χ1v) is 10.9. The highest BCUT2D eigenvalue weighted by atomic mass is 127. The van der Waals surface area contributed by atoms with Gasteiger partial charge in [0, 0.05) is 20.1 Å². The second-order valence-corrected chi connectivity index (χ2v) is 11.0. The molecule has 0 saturated heterocycles. The van der Waals surface area contributed by atoms with Crippen LogP contribution in [0, 0.1) is 11.8 Å². The second-order valence-electron chi connectivity index (χ2n) is 8.17. The Kier molecular flexibility index (Phi) is 10.9. The Hall–Kier alpha value is -0.0500. The summed E-state index contributed by atoms with van der Waals surface area (Å²) in [4.78, 5) is 6.71. The van der Waals surface area contributed by atoms with E-state index in [1.54, 1.807) is 20.8 Å². The highest BCUT2D eigenvalue weighted by molar-refractivity contribution is 14.0. The molecule has 7 heteroatoms. The molecule has 150 valence electrons. The summed E-state index contributed by atoms with van der Waals surface area (Å²) in [5.41, 5.74) is 0. The molecule has 1 fully saturated rings. The Morgan fingerprint density at radius 3 is 2.24 bits per heavy atom. The zero-order chi connectivity index (χ0) is 18.4. The van der Waals surface area contributed by atoms with Crippen LogP contribution in [0.25, 0.3) is 0 Å². The average Bonchev–Trinajstić information content (AvgIpc) is 2.47. The lowest BCUT2D eigenvalue weighted by atomic mass is 9.83. The third-order valence-corrected chi connectivity index (χ3v) is 7.50. The highest BCUT2D eigenvalue weighted by Gasteiger charge is 2.28. The molecule has 0 aliphatic heterocycles. The van der Waals surface area contributed by atoms with Crippen molar-refractivity contribution >= 4 is 39.8 Å². The van der Waals surface area contributed by atoms with Gasteiger partial charge in [-0.05, 0) is 52.4 Å². The molecule has 1 rings (SSSR count). The molecule has 0 aromatic heterocycles. The zero-order valence-electron chi connectivity index (χ0n) is 16.8. The molecule has 0 spiro atoms. The van der Waals surface area contributed by atoms with Crippen molar-refractivity contribution in [3.05, 3.63) is 0 Å². The van der Waals surface area contributed by atoms with E-state index in [1.807, 2.05) is 6.92 Å². The van der Waals surface area contributed by atoms with E-state index in [4.69, 9.17) is 0 Å². The number of halogens is 1. The molecule has 0 aromatic rings. The predicted octanol–water partition coefficient (Wildman–Crippen LogP) is 3.54. The summed E-state index contributed by atoms with van der Waals surface area (Å²) < 4.78 is 23.7. The molecule has 0 amide bonds. The fourth-order valence-electron chi connectivity index (χ4n) is 3.03. The van der Waals surface area contributed by atoms with Crippen molar-refractivity contribution in [2.45, 2.75) is 65.0 Å². The molecule has 0 aromatic carbocycles. The van der Waals surface area contributed by atoms with Gasteiger partial charge in [0.05, 0.1) is 17.0 Å². The van der Waals surface area contributed by atoms with E-state index in [-0.39, 0.29) is 29.7 Å². The number of guanidine groups is 1. The fourth-order valence-corrected chi connectivity index (χ4v) is 3.98. The van der Waals surface area contributed by atoms with Crippen LogP contribution in [0.5, 0.6) is 0 Å². The van der Waals surface area contributed by atoms with Crippen molar-refractivity contribution < 1.29 is 8.42 Å². The monoisotopic (exact) mass is 487 g/mol. The van der Waals surface area contributed by atoms with Gasteiger partial charge in [0.25, 0.3) is 0 Å². The molecule has 0 radical (unpaired) electrons. The van der Waals surface area contributed by atoms with E-state index in [0.29, 0.717) is 12.5 Å². The van der Waals surface area contributed by atoms with Gasteiger partial charge in [0.2, 0.25) is 0 Å². The van der Waals surface area contributed by atoms with Gasteiger partial charge >= 0.3 is 0 Å². The van der Waals surface area contributed by atoms with Gasteiger partial charge in [-0.2, -0.15) is 0 Å². The van der Waals surface area contributed by atoms with E-state index < -0.39 is 14.6 Å². The lowest BCUT2D eigenvalue weighted by Gasteiger charge is -2.31.